The molecule has 7 nitrogen and oxygen atoms in total. The number of rotatable bonds is 7. The number of carboxylic acid groups (broad SMARTS) is 1. The van der Waals surface area contributed by atoms with Crippen molar-refractivity contribution in [1.29, 1.82) is 0 Å². The number of likely N-dealkylation sites (tertiary alicyclic amines) is 1. The third-order valence-electron chi connectivity index (χ3n) is 6.54. The van der Waals surface area contributed by atoms with Crippen molar-refractivity contribution in [2.45, 2.75) is 56.8 Å². The second-order valence-corrected chi connectivity index (χ2v) is 10.0. The van der Waals surface area contributed by atoms with Gasteiger partial charge < -0.3 is 15.0 Å². The SMILES string of the molecule is CC(C)c1ccc(CN2CCC3(CC2)CC3NC(=O)CSc2nccn2C)cc1.O=CO. The van der Waals surface area contributed by atoms with E-state index in [1.807, 2.05) is 17.8 Å². The molecule has 1 aliphatic carbocycles. The molecule has 1 aliphatic heterocycles. The van der Waals surface area contributed by atoms with E-state index in [-0.39, 0.29) is 12.4 Å². The van der Waals surface area contributed by atoms with E-state index in [1.54, 1.807) is 6.20 Å². The number of aryl methyl sites for hydroxylation is 1. The first kappa shape index (κ1) is 24.3. The summed E-state index contributed by atoms with van der Waals surface area (Å²) in [5.41, 5.74) is 3.16. The van der Waals surface area contributed by atoms with Crippen LogP contribution in [0.1, 0.15) is 50.2 Å². The number of amides is 1. The first-order chi connectivity index (χ1) is 15.4. The lowest BCUT2D eigenvalue weighted by molar-refractivity contribution is -0.123. The molecule has 0 bridgehead atoms. The van der Waals surface area contributed by atoms with Gasteiger partial charge in [0.1, 0.15) is 0 Å². The molecule has 2 aromatic rings. The Kier molecular flexibility index (Phi) is 8.37. The maximum absolute atomic E-state index is 12.3. The fraction of sp³-hybridized carbons (Fsp3) is 0.542. The second-order valence-electron chi connectivity index (χ2n) is 9.07. The summed E-state index contributed by atoms with van der Waals surface area (Å²) in [5, 5.41) is 11.0. The van der Waals surface area contributed by atoms with Crippen molar-refractivity contribution >= 4 is 24.1 Å². The normalized spacial score (nSPS) is 19.3. The molecule has 8 heteroatoms. The average molecular weight is 459 g/mol. The van der Waals surface area contributed by atoms with Gasteiger partial charge in [0.2, 0.25) is 5.91 Å². The number of hydrogen-bond acceptors (Lipinski definition) is 5. The lowest BCUT2D eigenvalue weighted by Gasteiger charge is -2.33. The number of nitrogens with zero attached hydrogens (tertiary/aromatic N) is 3. The first-order valence-corrected chi connectivity index (χ1v) is 12.1. The fourth-order valence-corrected chi connectivity index (χ4v) is 5.13. The minimum absolute atomic E-state index is 0.132. The van der Waals surface area contributed by atoms with E-state index in [2.05, 4.69) is 53.3 Å². The zero-order valence-electron chi connectivity index (χ0n) is 19.2. The zero-order chi connectivity index (χ0) is 23.1. The number of benzene rings is 1. The topological polar surface area (TPSA) is 87.5 Å². The number of aromatic nitrogens is 2. The molecular formula is C24H34N4O3S. The molecule has 0 radical (unpaired) electrons. The van der Waals surface area contributed by atoms with Gasteiger partial charge in [0, 0.05) is 32.0 Å². The summed E-state index contributed by atoms with van der Waals surface area (Å²) in [6, 6.07) is 9.45. The zero-order valence-corrected chi connectivity index (χ0v) is 20.0. The number of carbonyl (C=O) groups is 2. The molecule has 2 heterocycles. The Morgan fingerprint density at radius 2 is 1.97 bits per heavy atom. The third kappa shape index (κ3) is 6.36. The Balaban J connectivity index is 0.000000913. The molecule has 174 valence electrons. The minimum atomic E-state index is -0.250. The molecule has 4 rings (SSSR count). The van der Waals surface area contributed by atoms with Gasteiger partial charge >= 0.3 is 0 Å². The smallest absolute Gasteiger partial charge is 0.290 e. The molecule has 1 saturated carbocycles. The molecule has 1 spiro atoms. The van der Waals surface area contributed by atoms with Crippen molar-refractivity contribution in [3.63, 3.8) is 0 Å². The summed E-state index contributed by atoms with van der Waals surface area (Å²) in [4.78, 5) is 27.5. The van der Waals surface area contributed by atoms with Gasteiger partial charge in [-0.15, -0.1) is 0 Å². The van der Waals surface area contributed by atoms with E-state index in [1.165, 1.54) is 35.7 Å². The Bertz CT molecular complexity index is 889. The maximum atomic E-state index is 12.3. The van der Waals surface area contributed by atoms with Gasteiger partial charge in [0.25, 0.3) is 6.47 Å². The molecular weight excluding hydrogens is 424 g/mol. The monoisotopic (exact) mass is 458 g/mol. The predicted molar refractivity (Wildman–Crippen MR) is 127 cm³/mol. The molecule has 1 atom stereocenters. The molecule has 1 unspecified atom stereocenters. The quantitative estimate of drug-likeness (QED) is 0.488. The highest BCUT2D eigenvalue weighted by atomic mass is 32.2. The van der Waals surface area contributed by atoms with Crippen LogP contribution >= 0.6 is 11.8 Å². The van der Waals surface area contributed by atoms with Crippen molar-refractivity contribution in [3.05, 3.63) is 47.8 Å². The molecule has 1 aromatic heterocycles. The van der Waals surface area contributed by atoms with Gasteiger partial charge in [0.15, 0.2) is 5.16 Å². The van der Waals surface area contributed by atoms with Crippen molar-refractivity contribution in [2.75, 3.05) is 18.8 Å². The van der Waals surface area contributed by atoms with Crippen molar-refractivity contribution < 1.29 is 14.7 Å². The van der Waals surface area contributed by atoms with E-state index in [0.29, 0.717) is 23.1 Å². The van der Waals surface area contributed by atoms with Crippen LogP contribution in [0.25, 0.3) is 0 Å². The van der Waals surface area contributed by atoms with Crippen LogP contribution in [0.15, 0.2) is 41.8 Å². The molecule has 2 N–H and O–H groups in total. The van der Waals surface area contributed by atoms with Crippen LogP contribution < -0.4 is 5.32 Å². The third-order valence-corrected chi connectivity index (χ3v) is 7.60. The number of piperidine rings is 1. The number of carbonyl (C=O) groups excluding carboxylic acids is 1. The van der Waals surface area contributed by atoms with Gasteiger partial charge in [-0.25, -0.2) is 4.98 Å². The highest BCUT2D eigenvalue weighted by Gasteiger charge is 2.55. The van der Waals surface area contributed by atoms with Gasteiger partial charge in [0.05, 0.1) is 5.75 Å². The Morgan fingerprint density at radius 1 is 1.31 bits per heavy atom. The molecule has 1 amide bonds. The van der Waals surface area contributed by atoms with E-state index in [4.69, 9.17) is 9.90 Å². The highest BCUT2D eigenvalue weighted by molar-refractivity contribution is 7.99. The van der Waals surface area contributed by atoms with E-state index in [0.717, 1.165) is 31.2 Å². The molecule has 1 saturated heterocycles. The van der Waals surface area contributed by atoms with E-state index in [9.17, 15) is 4.79 Å². The molecule has 1 aromatic carbocycles. The second kappa shape index (κ2) is 11.0. The Hall–Kier alpha value is -2.32. The van der Waals surface area contributed by atoms with E-state index >= 15 is 0 Å². The summed E-state index contributed by atoms with van der Waals surface area (Å²) in [5.74, 6) is 1.16. The predicted octanol–water partition coefficient (Wildman–Crippen LogP) is 3.51. The van der Waals surface area contributed by atoms with Crippen molar-refractivity contribution in [3.8, 4) is 0 Å². The van der Waals surface area contributed by atoms with Crippen LogP contribution in [0.4, 0.5) is 0 Å². The number of imidazole rings is 1. The summed E-state index contributed by atoms with van der Waals surface area (Å²) >= 11 is 1.50. The molecule has 32 heavy (non-hydrogen) atoms. The van der Waals surface area contributed by atoms with Crippen LogP contribution in [0.3, 0.4) is 0 Å². The molecule has 2 fully saturated rings. The standard InChI is InChI=1S/C23H32N4OS.CH2O2/c1-17(2)19-6-4-18(5-7-19)15-27-11-8-23(9-12-27)14-20(23)25-21(28)16-29-22-24-10-13-26(22)3;2-1-3/h4-7,10,13,17,20H,8-9,11-12,14-16H2,1-3H3,(H,25,28);1H,(H,2,3). The average Bonchev–Trinajstić information content (AvgIpc) is 3.24. The van der Waals surface area contributed by atoms with Gasteiger partial charge in [-0.05, 0) is 54.8 Å². The van der Waals surface area contributed by atoms with Gasteiger partial charge in [-0.2, -0.15) is 0 Å². The summed E-state index contributed by atoms with van der Waals surface area (Å²) < 4.78 is 1.95. The highest BCUT2D eigenvalue weighted by Crippen LogP contribution is 2.54. The largest absolute Gasteiger partial charge is 0.483 e. The lowest BCUT2D eigenvalue weighted by atomic mass is 9.92. The maximum Gasteiger partial charge on any atom is 0.290 e. The van der Waals surface area contributed by atoms with Crippen LogP contribution in [0.5, 0.6) is 0 Å². The van der Waals surface area contributed by atoms with Crippen LogP contribution in [0, 0.1) is 5.41 Å². The van der Waals surface area contributed by atoms with E-state index < -0.39 is 0 Å². The Labute approximate surface area is 194 Å². The van der Waals surface area contributed by atoms with Crippen molar-refractivity contribution in [1.82, 2.24) is 19.8 Å². The number of thioether (sulfide) groups is 1. The van der Waals surface area contributed by atoms with Crippen molar-refractivity contribution in [2.24, 2.45) is 12.5 Å². The summed E-state index contributed by atoms with van der Waals surface area (Å²) in [6.45, 7) is 7.51. The van der Waals surface area contributed by atoms with Crippen LogP contribution in [-0.2, 0) is 23.2 Å². The lowest BCUT2D eigenvalue weighted by Crippen LogP contribution is -2.38. The van der Waals surface area contributed by atoms with Gasteiger partial charge in [-0.1, -0.05) is 49.9 Å². The number of nitrogens with one attached hydrogen (secondary N) is 1. The Morgan fingerprint density at radius 3 is 2.53 bits per heavy atom. The van der Waals surface area contributed by atoms with Crippen LogP contribution in [-0.4, -0.2) is 56.8 Å². The van der Waals surface area contributed by atoms with Gasteiger partial charge in [-0.3, -0.25) is 14.5 Å². The van der Waals surface area contributed by atoms with Crippen LogP contribution in [0.2, 0.25) is 0 Å². The first-order valence-electron chi connectivity index (χ1n) is 11.2. The fourth-order valence-electron chi connectivity index (χ4n) is 4.38. The summed E-state index contributed by atoms with van der Waals surface area (Å²) in [7, 11) is 1.95. The minimum Gasteiger partial charge on any atom is -0.483 e. The molecule has 2 aliphatic rings. The number of hydrogen-bond donors (Lipinski definition) is 2. The summed E-state index contributed by atoms with van der Waals surface area (Å²) in [6.07, 6.45) is 7.19.